The number of nitrogens with zero attached hydrogens (tertiary/aromatic N) is 2. The van der Waals surface area contributed by atoms with Gasteiger partial charge >= 0.3 is 0 Å². The van der Waals surface area contributed by atoms with Crippen LogP contribution in [-0.2, 0) is 10.8 Å². The van der Waals surface area contributed by atoms with Crippen molar-refractivity contribution in [2.45, 2.75) is 52.4 Å². The van der Waals surface area contributed by atoms with Gasteiger partial charge in [-0.25, -0.2) is 0 Å². The molecule has 0 spiro atoms. The summed E-state index contributed by atoms with van der Waals surface area (Å²) in [6.45, 7) is 14.2. The van der Waals surface area contributed by atoms with E-state index in [1.54, 1.807) is 0 Å². The van der Waals surface area contributed by atoms with Crippen LogP contribution in [0.5, 0.6) is 0 Å². The summed E-state index contributed by atoms with van der Waals surface area (Å²) in [5.41, 5.74) is 9.29. The molecule has 2 heteroatoms. The first-order chi connectivity index (χ1) is 27.0. The first-order valence-corrected chi connectivity index (χ1v) is 19.8. The second kappa shape index (κ2) is 13.7. The second-order valence-electron chi connectivity index (χ2n) is 17.1. The monoisotopic (exact) mass is 724 g/mol. The van der Waals surface area contributed by atoms with Gasteiger partial charge in [-0.2, -0.15) is 0 Å². The Morgan fingerprint density at radius 2 is 0.589 bits per heavy atom. The molecule has 9 aromatic carbocycles. The number of rotatable bonds is 6. The minimum Gasteiger partial charge on any atom is -0.310 e. The van der Waals surface area contributed by atoms with Crippen molar-refractivity contribution >= 4 is 77.2 Å². The Kier molecular flexibility index (Phi) is 8.66. The summed E-state index contributed by atoms with van der Waals surface area (Å²) in [4.78, 5) is 4.82. The minimum absolute atomic E-state index is 0.106. The zero-order valence-electron chi connectivity index (χ0n) is 33.2. The molecule has 0 amide bonds. The summed E-state index contributed by atoms with van der Waals surface area (Å²) in [6, 6.07) is 66.7. The summed E-state index contributed by atoms with van der Waals surface area (Å²) in [5, 5.41) is 10.1. The lowest BCUT2D eigenvalue weighted by Gasteiger charge is -2.33. The van der Waals surface area contributed by atoms with Gasteiger partial charge in [-0.05, 0) is 138 Å². The van der Waals surface area contributed by atoms with Crippen molar-refractivity contribution in [1.82, 2.24) is 0 Å². The molecule has 0 unspecified atom stereocenters. The third-order valence-corrected chi connectivity index (χ3v) is 11.1. The first-order valence-electron chi connectivity index (χ1n) is 19.8. The third kappa shape index (κ3) is 6.35. The van der Waals surface area contributed by atoms with Crippen LogP contribution >= 0.6 is 0 Å². The van der Waals surface area contributed by atoms with Crippen molar-refractivity contribution in [2.75, 3.05) is 9.80 Å². The van der Waals surface area contributed by atoms with E-state index in [-0.39, 0.29) is 10.8 Å². The van der Waals surface area contributed by atoms with E-state index in [4.69, 9.17) is 0 Å². The summed E-state index contributed by atoms with van der Waals surface area (Å²) in [6.07, 6.45) is 0. The van der Waals surface area contributed by atoms with Crippen molar-refractivity contribution in [3.63, 3.8) is 0 Å². The van der Waals surface area contributed by atoms with Gasteiger partial charge in [0.1, 0.15) is 0 Å². The van der Waals surface area contributed by atoms with Gasteiger partial charge in [0.2, 0.25) is 0 Å². The van der Waals surface area contributed by atoms with Crippen LogP contribution in [-0.4, -0.2) is 0 Å². The molecule has 0 fully saturated rings. The number of para-hydroxylation sites is 2. The number of benzene rings is 9. The minimum atomic E-state index is -0.161. The van der Waals surface area contributed by atoms with Gasteiger partial charge < -0.3 is 9.80 Å². The van der Waals surface area contributed by atoms with Crippen LogP contribution in [0.25, 0.3) is 43.1 Å². The third-order valence-electron chi connectivity index (χ3n) is 11.1. The standard InChI is InChI=1S/C54H48N2/c1-53(2,3)51-47-31-29-45(55(41-21-9-7-10-22-41)43-27-25-37-17-13-15-19-39(37)33-43)35-49(47)52(54(4,5)6)50-36-46(30-32-48(50)51)56(42-23-11-8-12-24-42)44-28-26-38-18-14-16-20-40(38)34-44/h7-36H,1-6H3. The highest BCUT2D eigenvalue weighted by Crippen LogP contribution is 2.48. The van der Waals surface area contributed by atoms with Gasteiger partial charge in [-0.3, -0.25) is 0 Å². The van der Waals surface area contributed by atoms with Gasteiger partial charge in [0, 0.05) is 34.1 Å². The smallest absolute Gasteiger partial charge is 0.0468 e. The van der Waals surface area contributed by atoms with Crippen molar-refractivity contribution in [1.29, 1.82) is 0 Å². The maximum atomic E-state index is 2.46. The predicted molar refractivity (Wildman–Crippen MR) is 243 cm³/mol. The zero-order chi connectivity index (χ0) is 38.6. The molecular weight excluding hydrogens is 677 g/mol. The molecular formula is C54H48N2. The normalized spacial score (nSPS) is 12.1. The van der Waals surface area contributed by atoms with Crippen LogP contribution in [0.3, 0.4) is 0 Å². The number of hydrogen-bond acceptors (Lipinski definition) is 2. The van der Waals surface area contributed by atoms with Gasteiger partial charge in [0.25, 0.3) is 0 Å². The molecule has 0 N–H and O–H groups in total. The van der Waals surface area contributed by atoms with Crippen LogP contribution in [0.15, 0.2) is 182 Å². The van der Waals surface area contributed by atoms with E-state index in [1.165, 1.54) is 54.2 Å². The van der Waals surface area contributed by atoms with Crippen LogP contribution in [0, 0.1) is 0 Å². The average molecular weight is 725 g/mol. The van der Waals surface area contributed by atoms with Gasteiger partial charge in [-0.1, -0.05) is 151 Å². The lowest BCUT2D eigenvalue weighted by molar-refractivity contribution is 0.593. The first kappa shape index (κ1) is 35.3. The highest BCUT2D eigenvalue weighted by atomic mass is 15.1. The molecule has 0 bridgehead atoms. The fourth-order valence-electron chi connectivity index (χ4n) is 8.78. The van der Waals surface area contributed by atoms with E-state index in [2.05, 4.69) is 233 Å². The maximum absolute atomic E-state index is 2.46. The number of fused-ring (bicyclic) bond motifs is 4. The Hall–Kier alpha value is -6.38. The molecule has 274 valence electrons. The fourth-order valence-corrected chi connectivity index (χ4v) is 8.78. The largest absolute Gasteiger partial charge is 0.310 e. The van der Waals surface area contributed by atoms with Crippen LogP contribution < -0.4 is 9.80 Å². The molecule has 2 nitrogen and oxygen atoms in total. The molecule has 0 aliphatic rings. The van der Waals surface area contributed by atoms with Crippen LogP contribution in [0.4, 0.5) is 34.1 Å². The summed E-state index contributed by atoms with van der Waals surface area (Å²) < 4.78 is 0. The zero-order valence-corrected chi connectivity index (χ0v) is 33.2. The van der Waals surface area contributed by atoms with E-state index in [1.807, 2.05) is 0 Å². The second-order valence-corrected chi connectivity index (χ2v) is 17.1. The molecule has 0 atom stereocenters. The van der Waals surface area contributed by atoms with Crippen molar-refractivity contribution in [3.8, 4) is 0 Å². The Morgan fingerprint density at radius 1 is 0.268 bits per heavy atom. The van der Waals surface area contributed by atoms with Crippen LogP contribution in [0.2, 0.25) is 0 Å². The quantitative estimate of drug-likeness (QED) is 0.158. The lowest BCUT2D eigenvalue weighted by atomic mass is 9.74. The number of anilines is 6. The van der Waals surface area contributed by atoms with Crippen LogP contribution in [0.1, 0.15) is 52.7 Å². The molecule has 0 aliphatic heterocycles. The van der Waals surface area contributed by atoms with Gasteiger partial charge in [0.05, 0.1) is 0 Å². The topological polar surface area (TPSA) is 6.48 Å². The molecule has 9 rings (SSSR count). The van der Waals surface area contributed by atoms with E-state index in [0.29, 0.717) is 0 Å². The SMILES string of the molecule is CC(C)(C)c1c2ccc(N(c3ccccc3)c3ccc4ccccc4c3)cc2c(C(C)(C)C)c2cc(N(c3ccccc3)c3ccc4ccccc4c3)ccc12. The van der Waals surface area contributed by atoms with E-state index < -0.39 is 0 Å². The maximum Gasteiger partial charge on any atom is 0.0468 e. The highest BCUT2D eigenvalue weighted by molar-refractivity contribution is 6.10. The molecule has 0 aliphatic carbocycles. The molecule has 0 heterocycles. The highest BCUT2D eigenvalue weighted by Gasteiger charge is 2.29. The van der Waals surface area contributed by atoms with Gasteiger partial charge in [-0.15, -0.1) is 0 Å². The van der Waals surface area contributed by atoms with E-state index >= 15 is 0 Å². The predicted octanol–water partition coefficient (Wildman–Crippen LogP) is 15.8. The molecule has 9 aromatic rings. The summed E-state index contributed by atoms with van der Waals surface area (Å²) >= 11 is 0. The van der Waals surface area contributed by atoms with E-state index in [0.717, 1.165) is 34.1 Å². The van der Waals surface area contributed by atoms with Gasteiger partial charge in [0.15, 0.2) is 0 Å². The molecule has 0 saturated heterocycles. The lowest BCUT2D eigenvalue weighted by Crippen LogP contribution is -2.18. The summed E-state index contributed by atoms with van der Waals surface area (Å²) in [5.74, 6) is 0. The van der Waals surface area contributed by atoms with Crippen molar-refractivity contribution in [2.24, 2.45) is 0 Å². The van der Waals surface area contributed by atoms with Crippen molar-refractivity contribution < 1.29 is 0 Å². The Balaban J connectivity index is 1.33. The summed E-state index contributed by atoms with van der Waals surface area (Å²) in [7, 11) is 0. The molecule has 56 heavy (non-hydrogen) atoms. The Morgan fingerprint density at radius 3 is 0.982 bits per heavy atom. The Bertz CT molecular complexity index is 2690. The Labute approximate surface area is 331 Å². The fraction of sp³-hybridized carbons (Fsp3) is 0.148. The number of hydrogen-bond donors (Lipinski definition) is 0. The molecule has 0 aromatic heterocycles. The van der Waals surface area contributed by atoms with Crippen molar-refractivity contribution in [3.05, 3.63) is 193 Å². The van der Waals surface area contributed by atoms with E-state index in [9.17, 15) is 0 Å². The average Bonchev–Trinajstić information content (AvgIpc) is 3.20. The molecule has 0 saturated carbocycles. The molecule has 0 radical (unpaired) electrons.